The Morgan fingerprint density at radius 3 is 1.81 bits per heavy atom. The normalized spacial score (nSPS) is 21.1. The van der Waals surface area contributed by atoms with Gasteiger partial charge >= 0.3 is 0 Å². The second-order valence-electron chi connectivity index (χ2n) is 9.84. The van der Waals surface area contributed by atoms with E-state index in [0.29, 0.717) is 6.61 Å². The fourth-order valence-electron chi connectivity index (χ4n) is 4.59. The second kappa shape index (κ2) is 9.16. The number of benzene rings is 2. The molecule has 2 aromatic carbocycles. The minimum absolute atomic E-state index is 0.143. The Bertz CT molecular complexity index is 786. The summed E-state index contributed by atoms with van der Waals surface area (Å²) in [5.41, 5.74) is -1.17. The van der Waals surface area contributed by atoms with Crippen molar-refractivity contribution < 1.29 is 19.0 Å². The van der Waals surface area contributed by atoms with Crippen molar-refractivity contribution in [2.45, 2.75) is 76.9 Å². The summed E-state index contributed by atoms with van der Waals surface area (Å²) in [7, 11) is -2.72. The van der Waals surface area contributed by atoms with Crippen LogP contribution in [0.4, 0.5) is 0 Å². The summed E-state index contributed by atoms with van der Waals surface area (Å²) in [6.45, 7) is 13.2. The van der Waals surface area contributed by atoms with Crippen LogP contribution in [-0.2, 0) is 13.9 Å². The summed E-state index contributed by atoms with van der Waals surface area (Å²) in [5, 5.41) is 13.7. The second-order valence-corrected chi connectivity index (χ2v) is 14.2. The van der Waals surface area contributed by atoms with Crippen LogP contribution in [0.15, 0.2) is 60.7 Å². The van der Waals surface area contributed by atoms with Crippen molar-refractivity contribution >= 4 is 18.7 Å². The molecule has 170 valence electrons. The standard InChI is InChI=1S/C26H38O4Si/c1-7-26(8-2)28-19-23(30-26)25(6,27)20-29-31(24(3,4)5,21-15-11-9-12-16-21)22-17-13-10-14-18-22/h9-18,23,27H,7-8,19-20H2,1-6H3/t23-,25+/m0/s1. The van der Waals surface area contributed by atoms with Gasteiger partial charge in [-0.1, -0.05) is 95.3 Å². The minimum Gasteiger partial charge on any atom is -0.404 e. The SMILES string of the molecule is CCC1(CC)OC[C@@H]([C@](C)(O)CO[Si](c2ccccc2)(c2ccccc2)C(C)(C)C)O1. The lowest BCUT2D eigenvalue weighted by molar-refractivity contribution is -0.196. The molecule has 1 aliphatic rings. The van der Waals surface area contributed by atoms with Gasteiger partial charge < -0.3 is 19.0 Å². The van der Waals surface area contributed by atoms with E-state index in [2.05, 4.69) is 83.1 Å². The maximum atomic E-state index is 11.5. The van der Waals surface area contributed by atoms with Crippen LogP contribution in [0.5, 0.6) is 0 Å². The van der Waals surface area contributed by atoms with Gasteiger partial charge in [0.25, 0.3) is 8.32 Å². The molecule has 2 aromatic rings. The van der Waals surface area contributed by atoms with E-state index in [1.807, 2.05) is 12.1 Å². The molecule has 1 heterocycles. The van der Waals surface area contributed by atoms with Crippen molar-refractivity contribution in [1.29, 1.82) is 0 Å². The van der Waals surface area contributed by atoms with Gasteiger partial charge in [-0.2, -0.15) is 0 Å². The van der Waals surface area contributed by atoms with E-state index < -0.39 is 25.8 Å². The first-order valence-corrected chi connectivity index (χ1v) is 13.3. The Balaban J connectivity index is 1.97. The van der Waals surface area contributed by atoms with Gasteiger partial charge in [-0.3, -0.25) is 0 Å². The Labute approximate surface area is 188 Å². The van der Waals surface area contributed by atoms with Gasteiger partial charge in [0, 0.05) is 0 Å². The molecule has 0 radical (unpaired) electrons. The molecule has 0 aromatic heterocycles. The molecule has 3 rings (SSSR count). The van der Waals surface area contributed by atoms with Gasteiger partial charge in [0.2, 0.25) is 0 Å². The monoisotopic (exact) mass is 442 g/mol. The number of hydrogen-bond acceptors (Lipinski definition) is 4. The van der Waals surface area contributed by atoms with Crippen LogP contribution in [0.2, 0.25) is 5.04 Å². The van der Waals surface area contributed by atoms with Gasteiger partial charge in [-0.05, 0) is 35.2 Å². The zero-order chi connectivity index (χ0) is 22.8. The number of ether oxygens (including phenoxy) is 2. The molecule has 1 N–H and O–H groups in total. The molecule has 31 heavy (non-hydrogen) atoms. The Morgan fingerprint density at radius 2 is 1.42 bits per heavy atom. The van der Waals surface area contributed by atoms with Gasteiger partial charge in [0.15, 0.2) is 5.79 Å². The van der Waals surface area contributed by atoms with E-state index in [1.54, 1.807) is 6.92 Å². The molecule has 0 bridgehead atoms. The smallest absolute Gasteiger partial charge is 0.261 e. The summed E-state index contributed by atoms with van der Waals surface area (Å²) in [4.78, 5) is 0. The molecule has 1 aliphatic heterocycles. The van der Waals surface area contributed by atoms with Crippen LogP contribution in [0, 0.1) is 0 Å². The Morgan fingerprint density at radius 1 is 0.935 bits per heavy atom. The molecule has 0 unspecified atom stereocenters. The largest absolute Gasteiger partial charge is 0.404 e. The molecule has 1 saturated heterocycles. The average molecular weight is 443 g/mol. The van der Waals surface area contributed by atoms with Crippen LogP contribution >= 0.6 is 0 Å². The van der Waals surface area contributed by atoms with E-state index in [-0.39, 0.29) is 11.6 Å². The average Bonchev–Trinajstić information content (AvgIpc) is 3.21. The maximum Gasteiger partial charge on any atom is 0.261 e. The highest BCUT2D eigenvalue weighted by molar-refractivity contribution is 6.99. The number of hydrogen-bond donors (Lipinski definition) is 1. The molecule has 1 fully saturated rings. The molecule has 0 saturated carbocycles. The molecule has 4 nitrogen and oxygen atoms in total. The molecular formula is C26H38O4Si. The summed E-state index contributed by atoms with van der Waals surface area (Å²) in [6.07, 6.45) is 1.09. The first-order chi connectivity index (χ1) is 14.6. The van der Waals surface area contributed by atoms with E-state index in [1.165, 1.54) is 10.4 Å². The summed E-state index contributed by atoms with van der Waals surface area (Å²) in [6, 6.07) is 21.0. The molecule has 0 spiro atoms. The molecule has 2 atom stereocenters. The number of aliphatic hydroxyl groups is 1. The topological polar surface area (TPSA) is 47.9 Å². The van der Waals surface area contributed by atoms with Gasteiger partial charge in [-0.25, -0.2) is 0 Å². The third-order valence-electron chi connectivity index (χ3n) is 6.62. The fourth-order valence-corrected chi connectivity index (χ4v) is 9.26. The summed E-state index contributed by atoms with van der Waals surface area (Å²) >= 11 is 0. The van der Waals surface area contributed by atoms with Crippen molar-refractivity contribution in [3.8, 4) is 0 Å². The quantitative estimate of drug-likeness (QED) is 0.621. The molecule has 0 amide bonds. The summed E-state index contributed by atoms with van der Waals surface area (Å²) < 4.78 is 19.1. The lowest BCUT2D eigenvalue weighted by Crippen LogP contribution is -2.68. The van der Waals surface area contributed by atoms with Crippen molar-refractivity contribution in [2.75, 3.05) is 13.2 Å². The van der Waals surface area contributed by atoms with Crippen LogP contribution in [0.3, 0.4) is 0 Å². The van der Waals surface area contributed by atoms with Crippen molar-refractivity contribution in [3.05, 3.63) is 60.7 Å². The lowest BCUT2D eigenvalue weighted by Gasteiger charge is -2.45. The number of rotatable bonds is 8. The van der Waals surface area contributed by atoms with Crippen molar-refractivity contribution in [2.24, 2.45) is 0 Å². The highest BCUT2D eigenvalue weighted by Crippen LogP contribution is 2.39. The van der Waals surface area contributed by atoms with Crippen molar-refractivity contribution in [1.82, 2.24) is 0 Å². The van der Waals surface area contributed by atoms with E-state index in [4.69, 9.17) is 13.9 Å². The lowest BCUT2D eigenvalue weighted by atomic mass is 10.0. The van der Waals surface area contributed by atoms with E-state index in [9.17, 15) is 5.11 Å². The van der Waals surface area contributed by atoms with Crippen LogP contribution < -0.4 is 10.4 Å². The third-order valence-corrected chi connectivity index (χ3v) is 11.6. The minimum atomic E-state index is -2.72. The van der Waals surface area contributed by atoms with E-state index in [0.717, 1.165) is 12.8 Å². The molecular weight excluding hydrogens is 404 g/mol. The predicted octanol–water partition coefficient (Wildman–Crippen LogP) is 4.25. The Hall–Kier alpha value is -1.50. The highest BCUT2D eigenvalue weighted by Gasteiger charge is 2.53. The first-order valence-electron chi connectivity index (χ1n) is 11.4. The van der Waals surface area contributed by atoms with Gasteiger partial charge in [0.1, 0.15) is 11.7 Å². The van der Waals surface area contributed by atoms with Crippen LogP contribution in [-0.4, -0.2) is 44.1 Å². The zero-order valence-electron chi connectivity index (χ0n) is 19.9. The summed E-state index contributed by atoms with van der Waals surface area (Å²) in [5.74, 6) is -0.605. The molecule has 0 aliphatic carbocycles. The van der Waals surface area contributed by atoms with Crippen LogP contribution in [0.1, 0.15) is 54.4 Å². The highest BCUT2D eigenvalue weighted by atomic mass is 28.4. The maximum absolute atomic E-state index is 11.5. The molecule has 5 heteroatoms. The van der Waals surface area contributed by atoms with Gasteiger partial charge in [0.05, 0.1) is 13.2 Å². The van der Waals surface area contributed by atoms with Crippen LogP contribution in [0.25, 0.3) is 0 Å². The van der Waals surface area contributed by atoms with Crippen molar-refractivity contribution in [3.63, 3.8) is 0 Å². The third kappa shape index (κ3) is 4.66. The van der Waals surface area contributed by atoms with Gasteiger partial charge in [-0.15, -0.1) is 0 Å². The predicted molar refractivity (Wildman–Crippen MR) is 128 cm³/mol. The fraction of sp³-hybridized carbons (Fsp3) is 0.538. The van der Waals surface area contributed by atoms with E-state index >= 15 is 0 Å². The first kappa shape index (κ1) is 24.1. The zero-order valence-corrected chi connectivity index (χ0v) is 20.9. The Kier molecular flexibility index (Phi) is 7.14.